The van der Waals surface area contributed by atoms with Gasteiger partial charge >= 0.3 is 0 Å². The molecule has 1 aromatic heterocycles. The molecule has 0 spiro atoms. The van der Waals surface area contributed by atoms with Crippen molar-refractivity contribution in [3.63, 3.8) is 0 Å². The van der Waals surface area contributed by atoms with Gasteiger partial charge in [-0.1, -0.05) is 0 Å². The van der Waals surface area contributed by atoms with Crippen molar-refractivity contribution in [3.05, 3.63) is 29.3 Å². The number of nitrogens with one attached hydrogen (secondary N) is 1. The van der Waals surface area contributed by atoms with Gasteiger partial charge < -0.3 is 19.7 Å². The minimum atomic E-state index is 0. The maximum atomic E-state index is 13.0. The molecule has 2 saturated heterocycles. The average Bonchev–Trinajstić information content (AvgIpc) is 3.33. The van der Waals surface area contributed by atoms with Crippen LogP contribution in [0, 0.1) is 0 Å². The molecule has 158 valence electrons. The molecule has 2 unspecified atom stereocenters. The zero-order valence-corrected chi connectivity index (χ0v) is 18.6. The second-order valence-electron chi connectivity index (χ2n) is 7.58. The lowest BCUT2D eigenvalue weighted by atomic mass is 9.98. The number of thiazole rings is 1. The molecule has 3 aliphatic heterocycles. The smallest absolute Gasteiger partial charge is 0.273 e. The molecule has 1 N–H and O–H groups in total. The standard InChI is InChI=1S/C20H23N3O3S.2ClH/c1-23(15-9-13-3-4-14(10-15)21-13)20(24)16-11-27-19(22-16)12-2-5-17-18(8-12)26-7-6-25-17;;/h2,5,8,11,13-15,21H,3-4,6-7,9-10H2,1H3;2*1H. The molecular weight excluding hydrogens is 433 g/mol. The van der Waals surface area contributed by atoms with E-state index in [1.165, 1.54) is 24.2 Å². The summed E-state index contributed by atoms with van der Waals surface area (Å²) in [6.45, 7) is 1.13. The predicted molar refractivity (Wildman–Crippen MR) is 118 cm³/mol. The van der Waals surface area contributed by atoms with Gasteiger partial charge in [-0.25, -0.2) is 4.98 Å². The summed E-state index contributed by atoms with van der Waals surface area (Å²) < 4.78 is 11.2. The summed E-state index contributed by atoms with van der Waals surface area (Å²) in [6.07, 6.45) is 4.54. The molecule has 6 nitrogen and oxygen atoms in total. The normalized spacial score (nSPS) is 24.2. The Hall–Kier alpha value is -1.54. The zero-order valence-electron chi connectivity index (χ0n) is 16.1. The fourth-order valence-corrected chi connectivity index (χ4v) is 5.16. The van der Waals surface area contributed by atoms with Crippen molar-refractivity contribution >= 4 is 42.1 Å². The highest BCUT2D eigenvalue weighted by Gasteiger charge is 2.36. The van der Waals surface area contributed by atoms with Crippen LogP contribution in [-0.2, 0) is 0 Å². The zero-order chi connectivity index (χ0) is 18.4. The van der Waals surface area contributed by atoms with Crippen LogP contribution in [0.15, 0.2) is 23.6 Å². The summed E-state index contributed by atoms with van der Waals surface area (Å²) in [6, 6.07) is 7.24. The molecule has 9 heteroatoms. The molecule has 3 aliphatic rings. The molecule has 0 radical (unpaired) electrons. The number of fused-ring (bicyclic) bond motifs is 3. The lowest BCUT2D eigenvalue weighted by Gasteiger charge is -2.35. The lowest BCUT2D eigenvalue weighted by Crippen LogP contribution is -2.48. The van der Waals surface area contributed by atoms with Crippen LogP contribution in [0.1, 0.15) is 36.2 Å². The fourth-order valence-electron chi connectivity index (χ4n) is 4.37. The predicted octanol–water partition coefficient (Wildman–Crippen LogP) is 3.78. The van der Waals surface area contributed by atoms with Gasteiger partial charge in [0.2, 0.25) is 0 Å². The van der Waals surface area contributed by atoms with Crippen molar-refractivity contribution in [1.82, 2.24) is 15.2 Å². The van der Waals surface area contributed by atoms with Crippen LogP contribution in [0.3, 0.4) is 0 Å². The Morgan fingerprint density at radius 3 is 2.55 bits per heavy atom. The molecule has 2 fully saturated rings. The van der Waals surface area contributed by atoms with E-state index >= 15 is 0 Å². The molecule has 2 aromatic rings. The summed E-state index contributed by atoms with van der Waals surface area (Å²) in [4.78, 5) is 19.5. The number of aromatic nitrogens is 1. The van der Waals surface area contributed by atoms with Gasteiger partial charge in [-0.2, -0.15) is 0 Å². The number of rotatable bonds is 3. The van der Waals surface area contributed by atoms with Crippen LogP contribution in [0.5, 0.6) is 11.5 Å². The molecule has 4 heterocycles. The molecule has 2 bridgehead atoms. The van der Waals surface area contributed by atoms with E-state index in [4.69, 9.17) is 9.47 Å². The van der Waals surface area contributed by atoms with Crippen molar-refractivity contribution in [1.29, 1.82) is 0 Å². The molecule has 2 atom stereocenters. The Morgan fingerprint density at radius 1 is 1.14 bits per heavy atom. The van der Waals surface area contributed by atoms with Gasteiger partial charge in [-0.15, -0.1) is 36.2 Å². The summed E-state index contributed by atoms with van der Waals surface area (Å²) in [5, 5.41) is 6.32. The SMILES string of the molecule is CN(C(=O)c1csc(-c2ccc3c(c2)OCCO3)n1)C1CC2CCC(C1)N2.Cl.Cl. The summed E-state index contributed by atoms with van der Waals surface area (Å²) in [5.74, 6) is 1.52. The fraction of sp³-hybridized carbons (Fsp3) is 0.500. The maximum absolute atomic E-state index is 13.0. The van der Waals surface area contributed by atoms with Crippen molar-refractivity contribution in [2.24, 2.45) is 0 Å². The van der Waals surface area contributed by atoms with E-state index in [0.29, 0.717) is 37.0 Å². The number of carbonyl (C=O) groups is 1. The Bertz CT molecular complexity index is 866. The minimum Gasteiger partial charge on any atom is -0.486 e. The largest absolute Gasteiger partial charge is 0.486 e. The third kappa shape index (κ3) is 4.33. The Balaban J connectivity index is 0.00000120. The highest BCUT2D eigenvalue weighted by Crippen LogP contribution is 2.36. The number of ether oxygens (including phenoxy) is 2. The van der Waals surface area contributed by atoms with Crippen molar-refractivity contribution in [2.45, 2.75) is 43.8 Å². The third-order valence-corrected chi connectivity index (χ3v) is 6.72. The third-order valence-electron chi connectivity index (χ3n) is 5.83. The maximum Gasteiger partial charge on any atom is 0.273 e. The van der Waals surface area contributed by atoms with E-state index in [1.54, 1.807) is 0 Å². The monoisotopic (exact) mass is 457 g/mol. The molecule has 5 rings (SSSR count). The molecule has 1 aromatic carbocycles. The quantitative estimate of drug-likeness (QED) is 0.759. The summed E-state index contributed by atoms with van der Waals surface area (Å²) >= 11 is 1.49. The number of hydrogen-bond acceptors (Lipinski definition) is 6. The Kier molecular flexibility index (Phi) is 6.94. The highest BCUT2D eigenvalue weighted by atomic mass is 35.5. The Morgan fingerprint density at radius 2 is 1.83 bits per heavy atom. The van der Waals surface area contributed by atoms with E-state index in [2.05, 4.69) is 10.3 Å². The van der Waals surface area contributed by atoms with Gasteiger partial charge in [0.25, 0.3) is 5.91 Å². The first kappa shape index (κ1) is 22.2. The highest BCUT2D eigenvalue weighted by molar-refractivity contribution is 7.13. The first-order valence-corrected chi connectivity index (χ1v) is 10.4. The van der Waals surface area contributed by atoms with E-state index in [-0.39, 0.29) is 30.7 Å². The second kappa shape index (κ2) is 9.08. The number of benzene rings is 1. The molecule has 1 amide bonds. The van der Waals surface area contributed by atoms with Gasteiger partial charge in [-0.3, -0.25) is 4.79 Å². The summed E-state index contributed by atoms with van der Waals surface area (Å²) in [5.41, 5.74) is 1.48. The van der Waals surface area contributed by atoms with Crippen molar-refractivity contribution in [3.8, 4) is 22.1 Å². The molecule has 0 aliphatic carbocycles. The first-order chi connectivity index (χ1) is 13.2. The first-order valence-electron chi connectivity index (χ1n) is 9.56. The number of hydrogen-bond donors (Lipinski definition) is 1. The van der Waals surface area contributed by atoms with Gasteiger partial charge in [0.1, 0.15) is 23.9 Å². The number of piperidine rings is 1. The average molecular weight is 458 g/mol. The van der Waals surface area contributed by atoms with Crippen LogP contribution in [-0.4, -0.2) is 54.2 Å². The molecule has 0 saturated carbocycles. The molecule has 29 heavy (non-hydrogen) atoms. The van der Waals surface area contributed by atoms with Crippen molar-refractivity contribution in [2.75, 3.05) is 20.3 Å². The number of nitrogens with zero attached hydrogens (tertiary/aromatic N) is 2. The minimum absolute atomic E-state index is 0. The van der Waals surface area contributed by atoms with E-state index in [0.717, 1.165) is 34.9 Å². The lowest BCUT2D eigenvalue weighted by molar-refractivity contribution is 0.0676. The van der Waals surface area contributed by atoms with Crippen LogP contribution in [0.25, 0.3) is 10.6 Å². The van der Waals surface area contributed by atoms with E-state index in [1.807, 2.05) is 35.5 Å². The van der Waals surface area contributed by atoms with Crippen LogP contribution >= 0.6 is 36.2 Å². The van der Waals surface area contributed by atoms with Gasteiger partial charge in [0.15, 0.2) is 11.5 Å². The van der Waals surface area contributed by atoms with Crippen molar-refractivity contribution < 1.29 is 14.3 Å². The van der Waals surface area contributed by atoms with E-state index in [9.17, 15) is 4.79 Å². The molecular formula is C20H25Cl2N3O3S. The topological polar surface area (TPSA) is 63.7 Å². The number of amides is 1. The van der Waals surface area contributed by atoms with Gasteiger partial charge in [-0.05, 0) is 43.9 Å². The number of carbonyl (C=O) groups excluding carboxylic acids is 1. The van der Waals surface area contributed by atoms with Crippen LogP contribution in [0.2, 0.25) is 0 Å². The van der Waals surface area contributed by atoms with Crippen LogP contribution < -0.4 is 14.8 Å². The Labute approximate surface area is 186 Å². The summed E-state index contributed by atoms with van der Waals surface area (Å²) in [7, 11) is 1.92. The van der Waals surface area contributed by atoms with Gasteiger partial charge in [0, 0.05) is 36.1 Å². The van der Waals surface area contributed by atoms with Crippen LogP contribution in [0.4, 0.5) is 0 Å². The number of halogens is 2. The van der Waals surface area contributed by atoms with E-state index < -0.39 is 0 Å². The second-order valence-corrected chi connectivity index (χ2v) is 8.43. The van der Waals surface area contributed by atoms with Gasteiger partial charge in [0.05, 0.1) is 0 Å².